The Labute approximate surface area is 103 Å². The van der Waals surface area contributed by atoms with Crippen molar-refractivity contribution in [3.05, 3.63) is 0 Å². The quantitative estimate of drug-likeness (QED) is 0.461. The van der Waals surface area contributed by atoms with Crippen molar-refractivity contribution in [3.8, 4) is 0 Å². The fourth-order valence-electron chi connectivity index (χ4n) is 0.811. The Kier molecular flexibility index (Phi) is 5.72. The molecule has 0 radical (unpaired) electrons. The summed E-state index contributed by atoms with van der Waals surface area (Å²) < 4.78 is 0.868. The van der Waals surface area contributed by atoms with Crippen molar-refractivity contribution in [2.24, 2.45) is 11.7 Å². The molecule has 1 amide bonds. The summed E-state index contributed by atoms with van der Waals surface area (Å²) in [7, 11) is 0. The Morgan fingerprint density at radius 1 is 1.56 bits per heavy atom. The van der Waals surface area contributed by atoms with Crippen molar-refractivity contribution in [2.75, 3.05) is 17.6 Å². The van der Waals surface area contributed by atoms with Gasteiger partial charge in [0.1, 0.15) is 0 Å². The van der Waals surface area contributed by atoms with Crippen LogP contribution in [0.3, 0.4) is 0 Å². The molecule has 5 nitrogen and oxygen atoms in total. The summed E-state index contributed by atoms with van der Waals surface area (Å²) in [6.45, 7) is 4.36. The number of rotatable bonds is 6. The predicted octanol–water partition coefficient (Wildman–Crippen LogP) is 1.57. The van der Waals surface area contributed by atoms with E-state index in [2.05, 4.69) is 15.5 Å². The van der Waals surface area contributed by atoms with Crippen LogP contribution >= 0.6 is 23.1 Å². The molecule has 0 aromatic carbocycles. The number of thioether (sulfide) groups is 1. The van der Waals surface area contributed by atoms with Gasteiger partial charge in [-0.15, -0.1) is 10.2 Å². The number of nitrogens with one attached hydrogen (secondary N) is 1. The van der Waals surface area contributed by atoms with Crippen LogP contribution in [-0.2, 0) is 4.79 Å². The number of nitrogens with two attached hydrogens (primary N) is 1. The van der Waals surface area contributed by atoms with Crippen molar-refractivity contribution in [1.82, 2.24) is 10.2 Å². The predicted molar refractivity (Wildman–Crippen MR) is 67.8 cm³/mol. The smallest absolute Gasteiger partial charge is 0.228 e. The molecule has 0 saturated carbocycles. The van der Waals surface area contributed by atoms with Crippen molar-refractivity contribution < 1.29 is 4.79 Å². The number of amides is 1. The van der Waals surface area contributed by atoms with Gasteiger partial charge in [-0.25, -0.2) is 0 Å². The maximum atomic E-state index is 11.4. The Morgan fingerprint density at radius 3 is 2.94 bits per heavy atom. The molecule has 1 aromatic heterocycles. The Balaban J connectivity index is 2.42. The van der Waals surface area contributed by atoms with E-state index >= 15 is 0 Å². The average Bonchev–Trinajstić information content (AvgIpc) is 2.66. The van der Waals surface area contributed by atoms with Crippen LogP contribution in [0.2, 0.25) is 0 Å². The van der Waals surface area contributed by atoms with Crippen LogP contribution < -0.4 is 11.1 Å². The van der Waals surface area contributed by atoms with E-state index in [1.54, 1.807) is 11.8 Å². The summed E-state index contributed by atoms with van der Waals surface area (Å²) >= 11 is 3.01. The highest BCUT2D eigenvalue weighted by molar-refractivity contribution is 8.01. The molecule has 0 aliphatic heterocycles. The first kappa shape index (κ1) is 13.4. The number of nitrogens with zero attached hydrogens (tertiary/aromatic N) is 2. The molecule has 0 fully saturated rings. The average molecular weight is 260 g/mol. The highest BCUT2D eigenvalue weighted by Gasteiger charge is 2.10. The first-order valence-electron chi connectivity index (χ1n) is 5.10. The zero-order valence-corrected chi connectivity index (χ0v) is 11.0. The molecular formula is C9H16N4OS2. The summed E-state index contributed by atoms with van der Waals surface area (Å²) in [6.07, 6.45) is 0.956. The van der Waals surface area contributed by atoms with Crippen LogP contribution in [0.15, 0.2) is 4.34 Å². The lowest BCUT2D eigenvalue weighted by Crippen LogP contribution is -2.17. The van der Waals surface area contributed by atoms with Gasteiger partial charge in [0, 0.05) is 11.7 Å². The second-order valence-corrected chi connectivity index (χ2v) is 5.83. The first-order valence-corrected chi connectivity index (χ1v) is 6.91. The van der Waals surface area contributed by atoms with Crippen molar-refractivity contribution >= 4 is 34.1 Å². The van der Waals surface area contributed by atoms with E-state index < -0.39 is 0 Å². The van der Waals surface area contributed by atoms with E-state index in [1.807, 2.05) is 13.8 Å². The molecule has 7 heteroatoms. The van der Waals surface area contributed by atoms with Gasteiger partial charge in [0.05, 0.1) is 0 Å². The van der Waals surface area contributed by atoms with E-state index in [0.29, 0.717) is 11.7 Å². The monoisotopic (exact) mass is 260 g/mol. The SMILES string of the molecule is CC(C)C(=O)Nc1nnc(SCCCN)s1. The van der Waals surface area contributed by atoms with E-state index in [9.17, 15) is 4.79 Å². The fraction of sp³-hybridized carbons (Fsp3) is 0.667. The van der Waals surface area contributed by atoms with Crippen molar-refractivity contribution in [2.45, 2.75) is 24.6 Å². The maximum Gasteiger partial charge on any atom is 0.228 e. The molecule has 0 bridgehead atoms. The molecule has 1 heterocycles. The standard InChI is InChI=1S/C9H16N4OS2/c1-6(2)7(14)11-8-12-13-9(16-8)15-5-3-4-10/h6H,3-5,10H2,1-2H3,(H,11,12,14). The third-order valence-corrected chi connectivity index (χ3v) is 3.79. The minimum atomic E-state index is -0.0442. The maximum absolute atomic E-state index is 11.4. The topological polar surface area (TPSA) is 80.9 Å². The van der Waals surface area contributed by atoms with Gasteiger partial charge in [-0.05, 0) is 13.0 Å². The molecule has 1 rings (SSSR count). The van der Waals surface area contributed by atoms with Crippen LogP contribution in [-0.4, -0.2) is 28.4 Å². The first-order chi connectivity index (χ1) is 7.63. The van der Waals surface area contributed by atoms with E-state index in [1.165, 1.54) is 11.3 Å². The van der Waals surface area contributed by atoms with Gasteiger partial charge in [0.15, 0.2) is 4.34 Å². The summed E-state index contributed by atoms with van der Waals surface area (Å²) in [5.41, 5.74) is 5.39. The molecule has 1 aromatic rings. The zero-order valence-electron chi connectivity index (χ0n) is 9.40. The molecule has 90 valence electrons. The molecule has 0 unspecified atom stereocenters. The molecule has 0 aliphatic carbocycles. The van der Waals surface area contributed by atoms with Crippen molar-refractivity contribution in [3.63, 3.8) is 0 Å². The van der Waals surface area contributed by atoms with E-state index in [4.69, 9.17) is 5.73 Å². The van der Waals surface area contributed by atoms with Gasteiger partial charge in [0.2, 0.25) is 11.0 Å². The minimum absolute atomic E-state index is 0.0327. The van der Waals surface area contributed by atoms with Gasteiger partial charge in [-0.3, -0.25) is 4.79 Å². The highest BCUT2D eigenvalue weighted by atomic mass is 32.2. The minimum Gasteiger partial charge on any atom is -0.330 e. The summed E-state index contributed by atoms with van der Waals surface area (Å²) in [5, 5.41) is 11.2. The molecule has 0 aliphatic rings. The number of carbonyl (C=O) groups is 1. The van der Waals surface area contributed by atoms with Crippen LogP contribution in [0.4, 0.5) is 5.13 Å². The Hall–Kier alpha value is -0.660. The number of carbonyl (C=O) groups excluding carboxylic acids is 1. The number of aromatic nitrogens is 2. The third-order valence-electron chi connectivity index (χ3n) is 1.73. The fourth-order valence-corrected chi connectivity index (χ4v) is 2.60. The Bertz CT molecular complexity index is 340. The lowest BCUT2D eigenvalue weighted by molar-refractivity contribution is -0.118. The van der Waals surface area contributed by atoms with Gasteiger partial charge >= 0.3 is 0 Å². The third kappa shape index (κ3) is 4.46. The second-order valence-electron chi connectivity index (χ2n) is 3.51. The van der Waals surface area contributed by atoms with Gasteiger partial charge in [0.25, 0.3) is 0 Å². The van der Waals surface area contributed by atoms with Crippen molar-refractivity contribution in [1.29, 1.82) is 0 Å². The summed E-state index contributed by atoms with van der Waals surface area (Å²) in [6, 6.07) is 0. The van der Waals surface area contributed by atoms with Gasteiger partial charge in [-0.1, -0.05) is 36.9 Å². The van der Waals surface area contributed by atoms with Crippen LogP contribution in [0, 0.1) is 5.92 Å². The zero-order chi connectivity index (χ0) is 12.0. The van der Waals surface area contributed by atoms with Gasteiger partial charge in [-0.2, -0.15) is 0 Å². The van der Waals surface area contributed by atoms with Crippen LogP contribution in [0.1, 0.15) is 20.3 Å². The lowest BCUT2D eigenvalue weighted by Gasteiger charge is -2.02. The number of hydrogen-bond acceptors (Lipinski definition) is 6. The molecule has 3 N–H and O–H groups in total. The van der Waals surface area contributed by atoms with Gasteiger partial charge < -0.3 is 11.1 Å². The molecule has 16 heavy (non-hydrogen) atoms. The Morgan fingerprint density at radius 2 is 2.31 bits per heavy atom. The summed E-state index contributed by atoms with van der Waals surface area (Å²) in [5.74, 6) is 0.857. The number of anilines is 1. The molecule has 0 spiro atoms. The normalized spacial score (nSPS) is 10.8. The summed E-state index contributed by atoms with van der Waals surface area (Å²) in [4.78, 5) is 11.4. The molecular weight excluding hydrogens is 244 g/mol. The second kappa shape index (κ2) is 6.82. The van der Waals surface area contributed by atoms with E-state index in [0.717, 1.165) is 16.5 Å². The molecule has 0 atom stereocenters. The van der Waals surface area contributed by atoms with Crippen LogP contribution in [0.25, 0.3) is 0 Å². The molecule has 0 saturated heterocycles. The highest BCUT2D eigenvalue weighted by Crippen LogP contribution is 2.25. The number of hydrogen-bond donors (Lipinski definition) is 2. The lowest BCUT2D eigenvalue weighted by atomic mass is 10.2. The van der Waals surface area contributed by atoms with Crippen LogP contribution in [0.5, 0.6) is 0 Å². The van der Waals surface area contributed by atoms with E-state index in [-0.39, 0.29) is 11.8 Å². The largest absolute Gasteiger partial charge is 0.330 e.